The van der Waals surface area contributed by atoms with E-state index in [2.05, 4.69) is 6.92 Å². The van der Waals surface area contributed by atoms with Crippen molar-refractivity contribution in [3.63, 3.8) is 0 Å². The predicted octanol–water partition coefficient (Wildman–Crippen LogP) is 0.894. The number of nitrogens with zero attached hydrogens (tertiary/aromatic N) is 1. The first-order valence-electron chi connectivity index (χ1n) is 6.38. The van der Waals surface area contributed by atoms with Gasteiger partial charge < -0.3 is 15.4 Å². The van der Waals surface area contributed by atoms with Gasteiger partial charge in [0.25, 0.3) is 0 Å². The van der Waals surface area contributed by atoms with Crippen molar-refractivity contribution in [2.75, 3.05) is 13.1 Å². The SMILES string of the molecule is CCCC(N)CC(=O)N1CC2CCC(C1)O2. The maximum absolute atomic E-state index is 12.0. The molecule has 2 fully saturated rings. The van der Waals surface area contributed by atoms with E-state index in [0.717, 1.165) is 38.8 Å². The van der Waals surface area contributed by atoms with Gasteiger partial charge in [-0.2, -0.15) is 0 Å². The largest absolute Gasteiger partial charge is 0.371 e. The lowest BCUT2D eigenvalue weighted by Gasteiger charge is -2.32. The highest BCUT2D eigenvalue weighted by molar-refractivity contribution is 5.77. The Labute approximate surface area is 97.1 Å². The molecular weight excluding hydrogens is 204 g/mol. The monoisotopic (exact) mass is 226 g/mol. The lowest BCUT2D eigenvalue weighted by Crippen LogP contribution is -2.47. The van der Waals surface area contributed by atoms with Crippen LogP contribution in [-0.2, 0) is 9.53 Å². The molecule has 92 valence electrons. The fourth-order valence-corrected chi connectivity index (χ4v) is 2.64. The average Bonchev–Trinajstić information content (AvgIpc) is 2.58. The van der Waals surface area contributed by atoms with E-state index in [1.807, 2.05) is 4.90 Å². The average molecular weight is 226 g/mol. The maximum Gasteiger partial charge on any atom is 0.224 e. The number of fused-ring (bicyclic) bond motifs is 2. The van der Waals surface area contributed by atoms with E-state index in [-0.39, 0.29) is 24.2 Å². The molecule has 2 bridgehead atoms. The minimum Gasteiger partial charge on any atom is -0.371 e. The van der Waals surface area contributed by atoms with Crippen molar-refractivity contribution in [2.45, 2.75) is 57.3 Å². The standard InChI is InChI=1S/C12H22N2O2/c1-2-3-9(13)6-12(15)14-7-10-4-5-11(8-14)16-10/h9-11H,2-8,13H2,1H3. The summed E-state index contributed by atoms with van der Waals surface area (Å²) in [6, 6.07) is 0.0259. The van der Waals surface area contributed by atoms with Gasteiger partial charge in [-0.1, -0.05) is 13.3 Å². The molecule has 3 unspecified atom stereocenters. The van der Waals surface area contributed by atoms with Crippen molar-refractivity contribution >= 4 is 5.91 Å². The summed E-state index contributed by atoms with van der Waals surface area (Å²) in [4.78, 5) is 13.9. The van der Waals surface area contributed by atoms with Crippen LogP contribution < -0.4 is 5.73 Å². The molecule has 2 aliphatic heterocycles. The number of likely N-dealkylation sites (tertiary alicyclic amines) is 1. The third kappa shape index (κ3) is 2.74. The van der Waals surface area contributed by atoms with Gasteiger partial charge in [-0.3, -0.25) is 4.79 Å². The molecule has 16 heavy (non-hydrogen) atoms. The van der Waals surface area contributed by atoms with Crippen LogP contribution in [0.3, 0.4) is 0 Å². The number of amides is 1. The Morgan fingerprint density at radius 3 is 2.62 bits per heavy atom. The first-order chi connectivity index (χ1) is 7.69. The van der Waals surface area contributed by atoms with E-state index in [1.165, 1.54) is 0 Å². The van der Waals surface area contributed by atoms with Gasteiger partial charge in [0.15, 0.2) is 0 Å². The molecule has 4 nitrogen and oxygen atoms in total. The molecule has 2 saturated heterocycles. The molecule has 2 rings (SSSR count). The summed E-state index contributed by atoms with van der Waals surface area (Å²) in [6.07, 6.45) is 5.25. The second-order valence-electron chi connectivity index (χ2n) is 5.01. The molecule has 0 aromatic rings. The Morgan fingerprint density at radius 1 is 1.44 bits per heavy atom. The fourth-order valence-electron chi connectivity index (χ4n) is 2.64. The van der Waals surface area contributed by atoms with Crippen molar-refractivity contribution < 1.29 is 9.53 Å². The van der Waals surface area contributed by atoms with Crippen LogP contribution in [0.4, 0.5) is 0 Å². The molecule has 0 aliphatic carbocycles. The topological polar surface area (TPSA) is 55.6 Å². The highest BCUT2D eigenvalue weighted by Crippen LogP contribution is 2.26. The van der Waals surface area contributed by atoms with E-state index in [1.54, 1.807) is 0 Å². The van der Waals surface area contributed by atoms with E-state index in [9.17, 15) is 4.79 Å². The van der Waals surface area contributed by atoms with Crippen LogP contribution in [0.25, 0.3) is 0 Å². The Bertz CT molecular complexity index is 245. The van der Waals surface area contributed by atoms with E-state index < -0.39 is 0 Å². The van der Waals surface area contributed by atoms with Crippen LogP contribution in [0.2, 0.25) is 0 Å². The molecule has 0 aromatic carbocycles. The third-order valence-electron chi connectivity index (χ3n) is 3.49. The fraction of sp³-hybridized carbons (Fsp3) is 0.917. The van der Waals surface area contributed by atoms with Gasteiger partial charge in [0.2, 0.25) is 5.91 Å². The zero-order chi connectivity index (χ0) is 11.5. The summed E-state index contributed by atoms with van der Waals surface area (Å²) < 4.78 is 5.70. The van der Waals surface area contributed by atoms with Crippen molar-refractivity contribution in [3.8, 4) is 0 Å². The van der Waals surface area contributed by atoms with Crippen LogP contribution in [0.1, 0.15) is 39.0 Å². The third-order valence-corrected chi connectivity index (χ3v) is 3.49. The van der Waals surface area contributed by atoms with Crippen LogP contribution in [0.5, 0.6) is 0 Å². The minimum atomic E-state index is 0.0259. The van der Waals surface area contributed by atoms with Gasteiger partial charge in [0, 0.05) is 25.6 Å². The summed E-state index contributed by atoms with van der Waals surface area (Å²) in [5.74, 6) is 0.209. The van der Waals surface area contributed by atoms with Crippen molar-refractivity contribution in [1.82, 2.24) is 4.90 Å². The normalized spacial score (nSPS) is 30.5. The van der Waals surface area contributed by atoms with Gasteiger partial charge in [0.05, 0.1) is 12.2 Å². The Hall–Kier alpha value is -0.610. The van der Waals surface area contributed by atoms with Crippen LogP contribution in [-0.4, -0.2) is 42.1 Å². The first kappa shape index (κ1) is 11.9. The van der Waals surface area contributed by atoms with Crippen LogP contribution in [0, 0.1) is 0 Å². The number of carbonyl (C=O) groups is 1. The number of hydrogen-bond donors (Lipinski definition) is 1. The minimum absolute atomic E-state index is 0.0259. The van der Waals surface area contributed by atoms with Gasteiger partial charge in [-0.05, 0) is 19.3 Å². The predicted molar refractivity (Wildman–Crippen MR) is 62.0 cm³/mol. The molecule has 0 saturated carbocycles. The van der Waals surface area contributed by atoms with Gasteiger partial charge in [-0.15, -0.1) is 0 Å². The second-order valence-corrected chi connectivity index (χ2v) is 5.01. The number of carbonyl (C=O) groups excluding carboxylic acids is 1. The number of nitrogens with two attached hydrogens (primary N) is 1. The Kier molecular flexibility index (Phi) is 3.82. The van der Waals surface area contributed by atoms with Crippen LogP contribution in [0.15, 0.2) is 0 Å². The zero-order valence-corrected chi connectivity index (χ0v) is 10.0. The van der Waals surface area contributed by atoms with E-state index >= 15 is 0 Å². The summed E-state index contributed by atoms with van der Waals surface area (Å²) in [5.41, 5.74) is 5.90. The number of morpholine rings is 1. The Morgan fingerprint density at radius 2 is 2.06 bits per heavy atom. The summed E-state index contributed by atoms with van der Waals surface area (Å²) in [6.45, 7) is 3.64. The Balaban J connectivity index is 1.81. The molecule has 2 heterocycles. The molecule has 3 atom stereocenters. The lowest BCUT2D eigenvalue weighted by molar-refractivity contribution is -0.140. The highest BCUT2D eigenvalue weighted by atomic mass is 16.5. The lowest BCUT2D eigenvalue weighted by atomic mass is 10.1. The molecule has 0 spiro atoms. The van der Waals surface area contributed by atoms with Gasteiger partial charge in [-0.25, -0.2) is 0 Å². The number of hydrogen-bond acceptors (Lipinski definition) is 3. The zero-order valence-electron chi connectivity index (χ0n) is 10.0. The quantitative estimate of drug-likeness (QED) is 0.774. The van der Waals surface area contributed by atoms with E-state index in [0.29, 0.717) is 6.42 Å². The second kappa shape index (κ2) is 5.15. The number of rotatable bonds is 4. The van der Waals surface area contributed by atoms with Crippen molar-refractivity contribution in [1.29, 1.82) is 0 Å². The highest BCUT2D eigenvalue weighted by Gasteiger charge is 2.35. The van der Waals surface area contributed by atoms with Gasteiger partial charge in [0.1, 0.15) is 0 Å². The molecule has 0 radical (unpaired) electrons. The molecule has 2 aliphatic rings. The molecule has 4 heteroatoms. The molecule has 0 aromatic heterocycles. The number of ether oxygens (including phenoxy) is 1. The smallest absolute Gasteiger partial charge is 0.224 e. The first-order valence-corrected chi connectivity index (χ1v) is 6.38. The molecule has 2 N–H and O–H groups in total. The maximum atomic E-state index is 12.0. The van der Waals surface area contributed by atoms with Crippen LogP contribution >= 0.6 is 0 Å². The van der Waals surface area contributed by atoms with Crippen molar-refractivity contribution in [3.05, 3.63) is 0 Å². The molecular formula is C12H22N2O2. The van der Waals surface area contributed by atoms with Gasteiger partial charge >= 0.3 is 0 Å². The van der Waals surface area contributed by atoms with E-state index in [4.69, 9.17) is 10.5 Å². The molecule has 1 amide bonds. The summed E-state index contributed by atoms with van der Waals surface area (Å²) in [7, 11) is 0. The summed E-state index contributed by atoms with van der Waals surface area (Å²) in [5, 5.41) is 0. The van der Waals surface area contributed by atoms with Crippen molar-refractivity contribution in [2.24, 2.45) is 5.73 Å². The summed E-state index contributed by atoms with van der Waals surface area (Å²) >= 11 is 0.